The summed E-state index contributed by atoms with van der Waals surface area (Å²) in [4.78, 5) is 11.8. The average Bonchev–Trinajstić information content (AvgIpc) is 2.28. The third-order valence-corrected chi connectivity index (χ3v) is 3.23. The molecule has 0 aromatic heterocycles. The zero-order valence-corrected chi connectivity index (χ0v) is 10.3. The molecule has 1 aliphatic carbocycles. The van der Waals surface area contributed by atoms with E-state index in [2.05, 4.69) is 12.8 Å². The first-order chi connectivity index (χ1) is 7.79. The minimum Gasteiger partial charge on any atom is -0.295 e. The van der Waals surface area contributed by atoms with Crippen LogP contribution in [0.5, 0.6) is 0 Å². The van der Waals surface area contributed by atoms with Gasteiger partial charge in [-0.3, -0.25) is 4.79 Å². The molecule has 1 rings (SSSR count). The van der Waals surface area contributed by atoms with Gasteiger partial charge in [0.25, 0.3) is 0 Å². The van der Waals surface area contributed by atoms with Crippen LogP contribution < -0.4 is 0 Å². The molecule has 0 saturated carbocycles. The van der Waals surface area contributed by atoms with Crippen LogP contribution in [0, 0.1) is 12.3 Å². The zero-order chi connectivity index (χ0) is 11.8. The number of carbonyl (C=O) groups excluding carboxylic acids is 1. The first-order valence-corrected chi connectivity index (χ1v) is 6.47. The number of terminal acetylenes is 1. The van der Waals surface area contributed by atoms with Gasteiger partial charge in [0.15, 0.2) is 5.78 Å². The van der Waals surface area contributed by atoms with Crippen molar-refractivity contribution in [3.05, 3.63) is 11.1 Å². The number of allylic oxidation sites excluding steroid dienone is 2. The first kappa shape index (κ1) is 13.0. The molecule has 1 nitrogen and oxygen atoms in total. The lowest BCUT2D eigenvalue weighted by atomic mass is 9.85. The lowest BCUT2D eigenvalue weighted by Gasteiger charge is -2.19. The number of hydrogen-bond donors (Lipinski definition) is 0. The summed E-state index contributed by atoms with van der Waals surface area (Å²) >= 11 is 0. The highest BCUT2D eigenvalue weighted by molar-refractivity contribution is 5.96. The smallest absolute Gasteiger partial charge is 0.158 e. The molecule has 16 heavy (non-hydrogen) atoms. The molecule has 0 aromatic carbocycles. The fourth-order valence-corrected chi connectivity index (χ4v) is 2.31. The Morgan fingerprint density at radius 1 is 1.25 bits per heavy atom. The van der Waals surface area contributed by atoms with Crippen LogP contribution in [0.3, 0.4) is 0 Å². The van der Waals surface area contributed by atoms with Gasteiger partial charge in [-0.25, -0.2) is 0 Å². The van der Waals surface area contributed by atoms with Gasteiger partial charge in [0.1, 0.15) is 0 Å². The Balaban J connectivity index is 2.62. The lowest BCUT2D eigenvalue weighted by Crippen LogP contribution is -2.12. The van der Waals surface area contributed by atoms with Gasteiger partial charge in [0, 0.05) is 12.8 Å². The molecule has 0 radical (unpaired) electrons. The van der Waals surface area contributed by atoms with Crippen LogP contribution in [0.25, 0.3) is 0 Å². The fraction of sp³-hybridized carbons (Fsp3) is 0.667. The van der Waals surface area contributed by atoms with Crippen LogP contribution in [0.4, 0.5) is 0 Å². The van der Waals surface area contributed by atoms with Gasteiger partial charge in [-0.15, -0.1) is 12.3 Å². The van der Waals surface area contributed by atoms with Crippen molar-refractivity contribution in [1.29, 1.82) is 0 Å². The van der Waals surface area contributed by atoms with E-state index in [-0.39, 0.29) is 0 Å². The van der Waals surface area contributed by atoms with Crippen molar-refractivity contribution in [2.75, 3.05) is 0 Å². The molecule has 0 atom stereocenters. The van der Waals surface area contributed by atoms with E-state index in [0.29, 0.717) is 5.78 Å². The second-order valence-corrected chi connectivity index (χ2v) is 4.52. The van der Waals surface area contributed by atoms with Gasteiger partial charge in [0.2, 0.25) is 0 Å². The second-order valence-electron chi connectivity index (χ2n) is 4.52. The molecule has 0 heterocycles. The molecule has 1 aliphatic rings. The van der Waals surface area contributed by atoms with Gasteiger partial charge in [0.05, 0.1) is 0 Å². The normalized spacial score (nSPS) is 16.4. The summed E-state index contributed by atoms with van der Waals surface area (Å²) in [6.45, 7) is 2.17. The molecule has 0 bridgehead atoms. The largest absolute Gasteiger partial charge is 0.295 e. The molecule has 0 spiro atoms. The molecule has 88 valence electrons. The Hall–Kier alpha value is -1.03. The highest BCUT2D eigenvalue weighted by atomic mass is 16.1. The Bertz CT molecular complexity index is 304. The maximum atomic E-state index is 11.8. The monoisotopic (exact) mass is 218 g/mol. The highest BCUT2D eigenvalue weighted by Gasteiger charge is 2.19. The standard InChI is InChI=1S/C15H22O/c1-3-5-7-9-13-10-8-12-15(16)14(13)11-6-4-2/h1H,4-12H2,2H3. The summed E-state index contributed by atoms with van der Waals surface area (Å²) in [5, 5.41) is 0. The minimum absolute atomic E-state index is 0.399. The molecular formula is C15H22O. The van der Waals surface area contributed by atoms with Crippen molar-refractivity contribution >= 4 is 5.78 Å². The summed E-state index contributed by atoms with van der Waals surface area (Å²) in [5.41, 5.74) is 2.55. The van der Waals surface area contributed by atoms with Gasteiger partial charge >= 0.3 is 0 Å². The lowest BCUT2D eigenvalue weighted by molar-refractivity contribution is -0.116. The molecule has 1 heteroatoms. The molecule has 0 N–H and O–H groups in total. The predicted octanol–water partition coefficient (Wildman–Crippen LogP) is 4.03. The Labute approximate surface area is 99.3 Å². The minimum atomic E-state index is 0.399. The number of hydrogen-bond acceptors (Lipinski definition) is 1. The summed E-state index contributed by atoms with van der Waals surface area (Å²) in [6, 6.07) is 0. The SMILES string of the molecule is C#CCCCC1=C(CCCC)C(=O)CCC1. The first-order valence-electron chi connectivity index (χ1n) is 6.47. The number of rotatable bonds is 6. The molecule has 0 amide bonds. The average molecular weight is 218 g/mol. The molecular weight excluding hydrogens is 196 g/mol. The van der Waals surface area contributed by atoms with Crippen LogP contribution in [0.1, 0.15) is 64.7 Å². The Morgan fingerprint density at radius 2 is 2.06 bits per heavy atom. The third kappa shape index (κ3) is 3.85. The van der Waals surface area contributed by atoms with Crippen LogP contribution in [0.2, 0.25) is 0 Å². The quantitative estimate of drug-likeness (QED) is 0.486. The van der Waals surface area contributed by atoms with E-state index in [1.807, 2.05) is 0 Å². The topological polar surface area (TPSA) is 17.1 Å². The van der Waals surface area contributed by atoms with E-state index in [4.69, 9.17) is 6.42 Å². The number of unbranched alkanes of at least 4 members (excludes halogenated alkanes) is 2. The van der Waals surface area contributed by atoms with E-state index in [0.717, 1.165) is 63.4 Å². The van der Waals surface area contributed by atoms with Crippen molar-refractivity contribution in [3.8, 4) is 12.3 Å². The fourth-order valence-electron chi connectivity index (χ4n) is 2.31. The van der Waals surface area contributed by atoms with Crippen molar-refractivity contribution < 1.29 is 4.79 Å². The maximum Gasteiger partial charge on any atom is 0.158 e. The van der Waals surface area contributed by atoms with Gasteiger partial charge < -0.3 is 0 Å². The summed E-state index contributed by atoms with van der Waals surface area (Å²) < 4.78 is 0. The van der Waals surface area contributed by atoms with Crippen molar-refractivity contribution in [2.45, 2.75) is 64.7 Å². The van der Waals surface area contributed by atoms with E-state index in [9.17, 15) is 4.79 Å². The van der Waals surface area contributed by atoms with Gasteiger partial charge in [-0.2, -0.15) is 0 Å². The van der Waals surface area contributed by atoms with Crippen LogP contribution >= 0.6 is 0 Å². The van der Waals surface area contributed by atoms with Crippen molar-refractivity contribution in [1.82, 2.24) is 0 Å². The third-order valence-electron chi connectivity index (χ3n) is 3.23. The molecule has 0 aromatic rings. The highest BCUT2D eigenvalue weighted by Crippen LogP contribution is 2.29. The molecule has 0 unspecified atom stereocenters. The van der Waals surface area contributed by atoms with E-state index in [1.165, 1.54) is 5.57 Å². The zero-order valence-electron chi connectivity index (χ0n) is 10.3. The summed E-state index contributed by atoms with van der Waals surface area (Å²) in [7, 11) is 0. The van der Waals surface area contributed by atoms with E-state index >= 15 is 0 Å². The van der Waals surface area contributed by atoms with Crippen molar-refractivity contribution in [2.24, 2.45) is 0 Å². The molecule has 0 fully saturated rings. The van der Waals surface area contributed by atoms with Gasteiger partial charge in [-0.05, 0) is 44.1 Å². The van der Waals surface area contributed by atoms with Crippen LogP contribution in [-0.2, 0) is 4.79 Å². The van der Waals surface area contributed by atoms with Gasteiger partial charge in [-0.1, -0.05) is 18.9 Å². The van der Waals surface area contributed by atoms with Crippen LogP contribution in [0.15, 0.2) is 11.1 Å². The van der Waals surface area contributed by atoms with Crippen LogP contribution in [-0.4, -0.2) is 5.78 Å². The van der Waals surface area contributed by atoms with Crippen molar-refractivity contribution in [3.63, 3.8) is 0 Å². The predicted molar refractivity (Wildman–Crippen MR) is 68.1 cm³/mol. The van der Waals surface area contributed by atoms with E-state index < -0.39 is 0 Å². The number of ketones is 1. The number of carbonyl (C=O) groups is 1. The molecule has 0 aliphatic heterocycles. The summed E-state index contributed by atoms with van der Waals surface area (Å²) in [6.07, 6.45) is 14.4. The number of Topliss-reactive ketones (excluding diaryl/α,β-unsaturated/α-hetero) is 1. The Kier molecular flexibility index (Phi) is 5.93. The summed E-state index contributed by atoms with van der Waals surface area (Å²) in [5.74, 6) is 3.07. The Morgan fingerprint density at radius 3 is 2.75 bits per heavy atom. The molecule has 0 saturated heterocycles. The maximum absolute atomic E-state index is 11.8. The second kappa shape index (κ2) is 7.28. The van der Waals surface area contributed by atoms with E-state index in [1.54, 1.807) is 0 Å².